The average molecular weight is 391 g/mol. The Kier molecular flexibility index (Phi) is 5.62. The lowest BCUT2D eigenvalue weighted by Crippen LogP contribution is -2.45. The highest BCUT2D eigenvalue weighted by Gasteiger charge is 2.28. The van der Waals surface area contributed by atoms with Gasteiger partial charge < -0.3 is 14.4 Å². The van der Waals surface area contributed by atoms with Gasteiger partial charge in [0.15, 0.2) is 0 Å². The second-order valence-electron chi connectivity index (χ2n) is 7.06. The molecule has 1 atom stereocenters. The van der Waals surface area contributed by atoms with Crippen LogP contribution >= 0.6 is 0 Å². The van der Waals surface area contributed by atoms with Crippen LogP contribution < -0.4 is 4.74 Å². The van der Waals surface area contributed by atoms with Crippen molar-refractivity contribution in [3.8, 4) is 22.7 Å². The van der Waals surface area contributed by atoms with Gasteiger partial charge in [-0.1, -0.05) is 37.3 Å². The van der Waals surface area contributed by atoms with E-state index in [1.165, 1.54) is 0 Å². The summed E-state index contributed by atoms with van der Waals surface area (Å²) in [6, 6.07) is 17.5. The van der Waals surface area contributed by atoms with Crippen LogP contribution in [-0.4, -0.2) is 53.5 Å². The highest BCUT2D eigenvalue weighted by atomic mass is 16.5. The van der Waals surface area contributed by atoms with E-state index in [-0.39, 0.29) is 12.0 Å². The van der Waals surface area contributed by atoms with Crippen LogP contribution in [0, 0.1) is 0 Å². The predicted octanol–water partition coefficient (Wildman–Crippen LogP) is 3.80. The van der Waals surface area contributed by atoms with Gasteiger partial charge in [0.25, 0.3) is 5.91 Å². The van der Waals surface area contributed by atoms with E-state index >= 15 is 0 Å². The third kappa shape index (κ3) is 4.03. The zero-order valence-corrected chi connectivity index (χ0v) is 16.7. The van der Waals surface area contributed by atoms with Crippen molar-refractivity contribution in [2.45, 2.75) is 19.4 Å². The molecule has 4 rings (SSSR count). The number of amides is 1. The molecule has 1 aliphatic heterocycles. The highest BCUT2D eigenvalue weighted by Crippen LogP contribution is 2.28. The lowest BCUT2D eigenvalue weighted by molar-refractivity contribution is -0.0226. The number of ether oxygens (including phenoxy) is 2. The predicted molar refractivity (Wildman–Crippen MR) is 111 cm³/mol. The molecule has 0 unspecified atom stereocenters. The zero-order chi connectivity index (χ0) is 20.2. The molecule has 150 valence electrons. The van der Waals surface area contributed by atoms with Gasteiger partial charge in [-0.05, 0) is 30.7 Å². The second-order valence-corrected chi connectivity index (χ2v) is 7.06. The van der Waals surface area contributed by atoms with Crippen LogP contribution in [0.4, 0.5) is 0 Å². The summed E-state index contributed by atoms with van der Waals surface area (Å²) in [7, 11) is 1.63. The van der Waals surface area contributed by atoms with Crippen LogP contribution in [0.3, 0.4) is 0 Å². The first kappa shape index (κ1) is 19.2. The first-order valence-corrected chi connectivity index (χ1v) is 9.90. The molecule has 0 bridgehead atoms. The number of carbonyl (C=O) groups is 1. The molecule has 0 aliphatic carbocycles. The van der Waals surface area contributed by atoms with E-state index < -0.39 is 0 Å². The fourth-order valence-corrected chi connectivity index (χ4v) is 3.55. The molecule has 1 amide bonds. The third-order valence-corrected chi connectivity index (χ3v) is 5.19. The number of methoxy groups -OCH3 is 1. The SMILES string of the molecule is CC[C@@H]1CN(C(=O)c2cn(-c3ccccc3)nc2-c2cccc(OC)c2)CCO1. The smallest absolute Gasteiger partial charge is 0.257 e. The van der Waals surface area contributed by atoms with Crippen LogP contribution in [0.1, 0.15) is 23.7 Å². The van der Waals surface area contributed by atoms with Crippen LogP contribution in [-0.2, 0) is 4.74 Å². The van der Waals surface area contributed by atoms with E-state index in [1.54, 1.807) is 11.8 Å². The lowest BCUT2D eigenvalue weighted by Gasteiger charge is -2.32. The molecule has 29 heavy (non-hydrogen) atoms. The molecule has 6 nitrogen and oxygen atoms in total. The van der Waals surface area contributed by atoms with Gasteiger partial charge in [0, 0.05) is 24.8 Å². The largest absolute Gasteiger partial charge is 0.497 e. The molecule has 1 aliphatic rings. The average Bonchev–Trinajstić information content (AvgIpc) is 3.25. The first-order chi connectivity index (χ1) is 14.2. The number of para-hydroxylation sites is 1. The van der Waals surface area contributed by atoms with E-state index in [0.717, 1.165) is 23.4 Å². The van der Waals surface area contributed by atoms with Crippen LogP contribution in [0.2, 0.25) is 0 Å². The second kappa shape index (κ2) is 8.49. The Labute approximate surface area is 170 Å². The number of benzene rings is 2. The summed E-state index contributed by atoms with van der Waals surface area (Å²) in [6.07, 6.45) is 2.79. The molecule has 1 saturated heterocycles. The molecule has 3 aromatic rings. The van der Waals surface area contributed by atoms with E-state index in [0.29, 0.717) is 31.0 Å². The Hall–Kier alpha value is -3.12. The number of aromatic nitrogens is 2. The van der Waals surface area contributed by atoms with Gasteiger partial charge in [-0.25, -0.2) is 4.68 Å². The molecule has 0 N–H and O–H groups in total. The minimum absolute atomic E-state index is 0.0215. The highest BCUT2D eigenvalue weighted by molar-refractivity contribution is 6.00. The minimum Gasteiger partial charge on any atom is -0.497 e. The summed E-state index contributed by atoms with van der Waals surface area (Å²) in [5.41, 5.74) is 2.99. The molecule has 0 saturated carbocycles. The summed E-state index contributed by atoms with van der Waals surface area (Å²) >= 11 is 0. The summed E-state index contributed by atoms with van der Waals surface area (Å²) < 4.78 is 12.9. The quantitative estimate of drug-likeness (QED) is 0.664. The van der Waals surface area contributed by atoms with Gasteiger partial charge in [0.1, 0.15) is 11.4 Å². The topological polar surface area (TPSA) is 56.6 Å². The van der Waals surface area contributed by atoms with Gasteiger partial charge >= 0.3 is 0 Å². The van der Waals surface area contributed by atoms with Crippen molar-refractivity contribution in [1.82, 2.24) is 14.7 Å². The molecule has 2 heterocycles. The number of nitrogens with zero attached hydrogens (tertiary/aromatic N) is 3. The van der Waals surface area contributed by atoms with Gasteiger partial charge in [0.2, 0.25) is 0 Å². The molecule has 1 fully saturated rings. The van der Waals surface area contributed by atoms with E-state index in [2.05, 4.69) is 6.92 Å². The molecular weight excluding hydrogens is 366 g/mol. The Morgan fingerprint density at radius 1 is 1.21 bits per heavy atom. The van der Waals surface area contributed by atoms with Gasteiger partial charge in [0.05, 0.1) is 31.1 Å². The van der Waals surface area contributed by atoms with E-state index in [1.807, 2.05) is 65.7 Å². The van der Waals surface area contributed by atoms with Crippen molar-refractivity contribution < 1.29 is 14.3 Å². The molecule has 0 radical (unpaired) electrons. The molecule has 0 spiro atoms. The lowest BCUT2D eigenvalue weighted by atomic mass is 10.1. The number of rotatable bonds is 5. The summed E-state index contributed by atoms with van der Waals surface area (Å²) in [5, 5.41) is 4.76. The van der Waals surface area contributed by atoms with Crippen molar-refractivity contribution >= 4 is 5.91 Å². The molecule has 6 heteroatoms. The monoisotopic (exact) mass is 391 g/mol. The zero-order valence-electron chi connectivity index (χ0n) is 16.7. The van der Waals surface area contributed by atoms with Gasteiger partial charge in [-0.15, -0.1) is 0 Å². The molecular formula is C23H25N3O3. The van der Waals surface area contributed by atoms with Crippen LogP contribution in [0.15, 0.2) is 60.8 Å². The Morgan fingerprint density at radius 2 is 2.03 bits per heavy atom. The Balaban J connectivity index is 1.76. The maximum atomic E-state index is 13.4. The number of hydrogen-bond donors (Lipinski definition) is 0. The third-order valence-electron chi connectivity index (χ3n) is 5.19. The Bertz CT molecular complexity index is 984. The van der Waals surface area contributed by atoms with Gasteiger partial charge in [-0.3, -0.25) is 4.79 Å². The van der Waals surface area contributed by atoms with Crippen molar-refractivity contribution in [3.63, 3.8) is 0 Å². The Morgan fingerprint density at radius 3 is 2.79 bits per heavy atom. The van der Waals surface area contributed by atoms with E-state index in [9.17, 15) is 4.79 Å². The van der Waals surface area contributed by atoms with Crippen molar-refractivity contribution in [2.75, 3.05) is 26.8 Å². The first-order valence-electron chi connectivity index (χ1n) is 9.90. The number of hydrogen-bond acceptors (Lipinski definition) is 4. The standard InChI is InChI=1S/C23H25N3O3/c1-3-19-15-25(12-13-29-19)23(27)21-16-26(18-9-5-4-6-10-18)24-22(21)17-8-7-11-20(14-17)28-2/h4-11,14,16,19H,3,12-13,15H2,1-2H3/t19-/m1/s1. The van der Waals surface area contributed by atoms with Crippen molar-refractivity contribution in [3.05, 3.63) is 66.4 Å². The van der Waals surface area contributed by atoms with Gasteiger partial charge in [-0.2, -0.15) is 5.10 Å². The fraction of sp³-hybridized carbons (Fsp3) is 0.304. The summed E-state index contributed by atoms with van der Waals surface area (Å²) in [4.78, 5) is 15.3. The van der Waals surface area contributed by atoms with Crippen LogP contribution in [0.5, 0.6) is 5.75 Å². The molecule has 2 aromatic carbocycles. The van der Waals surface area contributed by atoms with Crippen molar-refractivity contribution in [2.24, 2.45) is 0 Å². The fourth-order valence-electron chi connectivity index (χ4n) is 3.55. The van der Waals surface area contributed by atoms with Crippen LogP contribution in [0.25, 0.3) is 16.9 Å². The maximum Gasteiger partial charge on any atom is 0.257 e. The van der Waals surface area contributed by atoms with E-state index in [4.69, 9.17) is 14.6 Å². The maximum absolute atomic E-state index is 13.4. The number of carbonyl (C=O) groups excluding carboxylic acids is 1. The number of morpholine rings is 1. The summed E-state index contributed by atoms with van der Waals surface area (Å²) in [6.45, 7) is 3.83. The van der Waals surface area contributed by atoms with Crippen molar-refractivity contribution in [1.29, 1.82) is 0 Å². The molecule has 1 aromatic heterocycles. The summed E-state index contributed by atoms with van der Waals surface area (Å²) in [5.74, 6) is 0.708. The normalized spacial score (nSPS) is 16.6. The minimum atomic E-state index is -0.0215.